The first-order valence-electron chi connectivity index (χ1n) is 11.2. The summed E-state index contributed by atoms with van der Waals surface area (Å²) in [5.41, 5.74) is 3.10. The third kappa shape index (κ3) is 4.54. The number of nitrogens with one attached hydrogen (secondary N) is 1. The van der Waals surface area contributed by atoms with Crippen molar-refractivity contribution in [2.45, 2.75) is 44.0 Å². The van der Waals surface area contributed by atoms with Crippen LogP contribution in [0.3, 0.4) is 0 Å². The van der Waals surface area contributed by atoms with Crippen LogP contribution >= 0.6 is 11.8 Å². The second kappa shape index (κ2) is 9.41. The van der Waals surface area contributed by atoms with Crippen molar-refractivity contribution in [2.24, 2.45) is 0 Å². The summed E-state index contributed by atoms with van der Waals surface area (Å²) >= 11 is 1.25. The number of ether oxygens (including phenoxy) is 1. The molecule has 0 unspecified atom stereocenters. The number of thioether (sulfide) groups is 1. The molecule has 1 fully saturated rings. The molecule has 2 aromatic heterocycles. The Balaban J connectivity index is 1.43. The third-order valence-corrected chi connectivity index (χ3v) is 6.81. The summed E-state index contributed by atoms with van der Waals surface area (Å²) in [6.45, 7) is 3.18. The molecule has 0 spiro atoms. The van der Waals surface area contributed by atoms with Gasteiger partial charge in [-0.25, -0.2) is 4.98 Å². The highest BCUT2D eigenvalue weighted by Crippen LogP contribution is 2.28. The number of anilines is 1. The van der Waals surface area contributed by atoms with Crippen molar-refractivity contribution in [1.82, 2.24) is 9.55 Å². The van der Waals surface area contributed by atoms with Crippen LogP contribution in [0, 0.1) is 0 Å². The zero-order valence-electron chi connectivity index (χ0n) is 18.4. The van der Waals surface area contributed by atoms with Gasteiger partial charge in [0.05, 0.1) is 18.4 Å². The number of aromatic nitrogens is 2. The summed E-state index contributed by atoms with van der Waals surface area (Å²) in [5.74, 6) is -0.0197. The average Bonchev–Trinajstić information content (AvgIpc) is 3.48. The lowest BCUT2D eigenvalue weighted by Crippen LogP contribution is -2.29. The fraction of sp³-hybridized carbons (Fsp3) is 0.320. The SMILES string of the molecule is CCc1ccc(NC(=O)CSc2nc3c(oc4ccccc43)c(=O)n2C[C@@H]2CCCO2)cc1. The van der Waals surface area contributed by atoms with Gasteiger partial charge in [0.1, 0.15) is 11.1 Å². The minimum Gasteiger partial charge on any atom is -0.448 e. The number of rotatable bonds is 7. The summed E-state index contributed by atoms with van der Waals surface area (Å²) in [6.07, 6.45) is 2.77. The minimum absolute atomic E-state index is 0.0448. The molecule has 170 valence electrons. The monoisotopic (exact) mass is 463 g/mol. The highest BCUT2D eigenvalue weighted by atomic mass is 32.2. The maximum absolute atomic E-state index is 13.4. The van der Waals surface area contributed by atoms with Crippen LogP contribution in [0.25, 0.3) is 22.1 Å². The normalized spacial score (nSPS) is 16.0. The highest BCUT2D eigenvalue weighted by molar-refractivity contribution is 7.99. The largest absolute Gasteiger partial charge is 0.448 e. The van der Waals surface area contributed by atoms with Crippen LogP contribution in [0.2, 0.25) is 0 Å². The number of hydrogen-bond donors (Lipinski definition) is 1. The van der Waals surface area contributed by atoms with Crippen LogP contribution in [0.4, 0.5) is 5.69 Å². The Kier molecular flexibility index (Phi) is 6.20. The van der Waals surface area contributed by atoms with Gasteiger partial charge in [0.15, 0.2) is 5.16 Å². The molecule has 1 amide bonds. The molecule has 0 bridgehead atoms. The molecule has 5 rings (SSSR count). The molecule has 1 saturated heterocycles. The molecule has 1 aliphatic heterocycles. The maximum Gasteiger partial charge on any atom is 0.297 e. The van der Waals surface area contributed by atoms with Gasteiger partial charge in [0.2, 0.25) is 11.5 Å². The van der Waals surface area contributed by atoms with E-state index in [1.54, 1.807) is 4.57 Å². The zero-order chi connectivity index (χ0) is 22.8. The van der Waals surface area contributed by atoms with Crippen molar-refractivity contribution in [2.75, 3.05) is 17.7 Å². The first-order chi connectivity index (χ1) is 16.1. The fourth-order valence-corrected chi connectivity index (χ4v) is 4.87. The number of carbonyl (C=O) groups excluding carboxylic acids is 1. The number of aryl methyl sites for hydroxylation is 1. The standard InChI is InChI=1S/C25H25N3O4S/c1-2-16-9-11-17(12-10-16)26-21(29)15-33-25-27-22-19-7-3-4-8-20(19)32-23(22)24(30)28(25)14-18-6-5-13-31-18/h3-4,7-12,18H,2,5-6,13-15H2,1H3,(H,26,29)/t18-/m0/s1. The molecule has 0 radical (unpaired) electrons. The number of carbonyl (C=O) groups is 1. The molecule has 0 aliphatic carbocycles. The first kappa shape index (κ1) is 21.7. The summed E-state index contributed by atoms with van der Waals surface area (Å²) in [5, 5.41) is 4.19. The van der Waals surface area contributed by atoms with E-state index >= 15 is 0 Å². The lowest BCUT2D eigenvalue weighted by atomic mass is 10.1. The topological polar surface area (TPSA) is 86.4 Å². The Morgan fingerprint density at radius 2 is 2.03 bits per heavy atom. The van der Waals surface area contributed by atoms with E-state index in [0.29, 0.717) is 29.4 Å². The molecule has 8 heteroatoms. The Hall–Kier alpha value is -3.10. The van der Waals surface area contributed by atoms with Crippen LogP contribution in [0.1, 0.15) is 25.3 Å². The molecular formula is C25H25N3O4S. The van der Waals surface area contributed by atoms with E-state index in [9.17, 15) is 9.59 Å². The van der Waals surface area contributed by atoms with Gasteiger partial charge in [0, 0.05) is 17.7 Å². The molecule has 1 aliphatic rings. The number of amides is 1. The van der Waals surface area contributed by atoms with E-state index in [2.05, 4.69) is 12.2 Å². The van der Waals surface area contributed by atoms with Crippen molar-refractivity contribution < 1.29 is 13.9 Å². The minimum atomic E-state index is -0.246. The predicted molar refractivity (Wildman–Crippen MR) is 130 cm³/mol. The van der Waals surface area contributed by atoms with E-state index in [-0.39, 0.29) is 28.9 Å². The van der Waals surface area contributed by atoms with Crippen molar-refractivity contribution in [3.05, 3.63) is 64.4 Å². The number of fused-ring (bicyclic) bond motifs is 3. The smallest absolute Gasteiger partial charge is 0.297 e. The van der Waals surface area contributed by atoms with Gasteiger partial charge in [-0.2, -0.15) is 0 Å². The molecular weight excluding hydrogens is 438 g/mol. The molecule has 3 heterocycles. The van der Waals surface area contributed by atoms with E-state index in [1.807, 2.05) is 48.5 Å². The third-order valence-electron chi connectivity index (χ3n) is 5.84. The summed E-state index contributed by atoms with van der Waals surface area (Å²) in [6, 6.07) is 15.3. The predicted octanol–water partition coefficient (Wildman–Crippen LogP) is 4.61. The first-order valence-corrected chi connectivity index (χ1v) is 12.2. The molecule has 4 aromatic rings. The van der Waals surface area contributed by atoms with E-state index in [4.69, 9.17) is 14.1 Å². The van der Waals surface area contributed by atoms with Crippen molar-refractivity contribution >= 4 is 45.4 Å². The molecule has 2 aromatic carbocycles. The van der Waals surface area contributed by atoms with Gasteiger partial charge in [-0.15, -0.1) is 0 Å². The fourth-order valence-electron chi connectivity index (χ4n) is 4.07. The number of nitrogens with zero attached hydrogens (tertiary/aromatic N) is 2. The van der Waals surface area contributed by atoms with Gasteiger partial charge in [-0.3, -0.25) is 14.2 Å². The van der Waals surface area contributed by atoms with Crippen molar-refractivity contribution in [1.29, 1.82) is 0 Å². The number of furan rings is 1. The lowest BCUT2D eigenvalue weighted by molar-refractivity contribution is -0.113. The van der Waals surface area contributed by atoms with Crippen molar-refractivity contribution in [3.63, 3.8) is 0 Å². The van der Waals surface area contributed by atoms with Crippen LogP contribution in [0.15, 0.2) is 62.9 Å². The number of para-hydroxylation sites is 1. The average molecular weight is 464 g/mol. The molecule has 1 N–H and O–H groups in total. The summed E-state index contributed by atoms with van der Waals surface area (Å²) in [4.78, 5) is 30.7. The maximum atomic E-state index is 13.4. The quantitative estimate of drug-likeness (QED) is 0.318. The molecule has 0 saturated carbocycles. The summed E-state index contributed by atoms with van der Waals surface area (Å²) in [7, 11) is 0. The van der Waals surface area contributed by atoms with E-state index in [1.165, 1.54) is 17.3 Å². The van der Waals surface area contributed by atoms with Crippen LogP contribution in [-0.2, 0) is 22.5 Å². The zero-order valence-corrected chi connectivity index (χ0v) is 19.2. The van der Waals surface area contributed by atoms with Crippen LogP contribution in [-0.4, -0.2) is 33.9 Å². The Morgan fingerprint density at radius 3 is 2.79 bits per heavy atom. The van der Waals surface area contributed by atoms with Gasteiger partial charge in [-0.05, 0) is 49.1 Å². The lowest BCUT2D eigenvalue weighted by Gasteiger charge is -2.15. The second-order valence-electron chi connectivity index (χ2n) is 8.11. The second-order valence-corrected chi connectivity index (χ2v) is 9.05. The summed E-state index contributed by atoms with van der Waals surface area (Å²) < 4.78 is 13.2. The van der Waals surface area contributed by atoms with Gasteiger partial charge < -0.3 is 14.5 Å². The van der Waals surface area contributed by atoms with E-state index in [0.717, 1.165) is 30.3 Å². The van der Waals surface area contributed by atoms with Gasteiger partial charge in [0.25, 0.3) is 5.56 Å². The van der Waals surface area contributed by atoms with Crippen LogP contribution in [0.5, 0.6) is 0 Å². The Labute approximate surface area is 195 Å². The van der Waals surface area contributed by atoms with Crippen molar-refractivity contribution in [3.8, 4) is 0 Å². The Bertz CT molecular complexity index is 1350. The Morgan fingerprint density at radius 1 is 1.21 bits per heavy atom. The van der Waals surface area contributed by atoms with Crippen LogP contribution < -0.4 is 10.9 Å². The molecule has 7 nitrogen and oxygen atoms in total. The van der Waals surface area contributed by atoms with Gasteiger partial charge >= 0.3 is 0 Å². The number of hydrogen-bond acceptors (Lipinski definition) is 6. The highest BCUT2D eigenvalue weighted by Gasteiger charge is 2.23. The van der Waals surface area contributed by atoms with Gasteiger partial charge in [-0.1, -0.05) is 43.0 Å². The number of benzene rings is 2. The molecule has 1 atom stereocenters. The molecule has 33 heavy (non-hydrogen) atoms. The van der Waals surface area contributed by atoms with E-state index < -0.39 is 0 Å².